The zero-order chi connectivity index (χ0) is 27.7. The lowest BCUT2D eigenvalue weighted by atomic mass is 10.1. The van der Waals surface area contributed by atoms with E-state index < -0.39 is 5.97 Å². The summed E-state index contributed by atoms with van der Waals surface area (Å²) in [6.45, 7) is 6.96. The number of carbonyl (C=O) groups is 1. The van der Waals surface area contributed by atoms with Crippen molar-refractivity contribution in [2.45, 2.75) is 136 Å². The molecule has 2 aromatic rings. The number of fused-ring (bicyclic) bond motifs is 1. The van der Waals surface area contributed by atoms with Gasteiger partial charge in [-0.1, -0.05) is 153 Å². The Morgan fingerprint density at radius 2 is 0.947 bits per heavy atom. The highest BCUT2D eigenvalue weighted by atomic mass is 31.1. The van der Waals surface area contributed by atoms with Crippen LogP contribution in [0.3, 0.4) is 0 Å². The molecule has 0 aromatic heterocycles. The molecular formula is C35H59O2P. The number of carboxylic acids is 1. The number of carboxylic acid groups (broad SMARTS) is 1. The summed E-state index contributed by atoms with van der Waals surface area (Å²) in [6, 6.07) is 12.7. The predicted octanol–water partition coefficient (Wildman–Crippen LogP) is 12.1. The number of benzene rings is 2. The van der Waals surface area contributed by atoms with E-state index in [1.165, 1.54) is 116 Å². The van der Waals surface area contributed by atoms with E-state index in [1.807, 2.05) is 30.3 Å². The molecule has 0 aliphatic carbocycles. The first-order valence-corrected chi connectivity index (χ1v) is 18.0. The molecule has 0 saturated carbocycles. The standard InChI is InChI=1S/C24H51P.C11H8O2/c1-4-7-10-13-16-19-22-25(23-20-17-14-11-8-5-2)24-21-18-15-12-9-6-3;12-11(13)10-7-3-5-8-4-1-2-6-9(8)10/h4-24H2,1-3H3;1-7H,(H,12,13). The van der Waals surface area contributed by atoms with Crippen molar-refractivity contribution in [1.82, 2.24) is 0 Å². The second-order valence-corrected chi connectivity index (χ2v) is 13.7. The van der Waals surface area contributed by atoms with E-state index >= 15 is 0 Å². The number of hydrogen-bond acceptors (Lipinski definition) is 1. The molecule has 2 aromatic carbocycles. The lowest BCUT2D eigenvalue weighted by molar-refractivity contribution is 0.0699. The van der Waals surface area contributed by atoms with Crippen LogP contribution in [0.15, 0.2) is 42.5 Å². The van der Waals surface area contributed by atoms with Gasteiger partial charge in [0.2, 0.25) is 0 Å². The Balaban J connectivity index is 0.000000457. The molecule has 0 amide bonds. The van der Waals surface area contributed by atoms with Gasteiger partial charge in [0.15, 0.2) is 0 Å². The van der Waals surface area contributed by atoms with E-state index in [0.29, 0.717) is 13.5 Å². The van der Waals surface area contributed by atoms with Crippen LogP contribution in [-0.4, -0.2) is 29.6 Å². The summed E-state index contributed by atoms with van der Waals surface area (Å²) < 4.78 is 0. The van der Waals surface area contributed by atoms with Crippen LogP contribution in [0.5, 0.6) is 0 Å². The molecule has 0 unspecified atom stereocenters. The van der Waals surface area contributed by atoms with Crippen molar-refractivity contribution < 1.29 is 9.90 Å². The largest absolute Gasteiger partial charge is 0.478 e. The smallest absolute Gasteiger partial charge is 0.336 e. The SMILES string of the molecule is CCCCCCCCP(CCCCCCCC)CCCCCCCC.O=C(O)c1cccc2ccccc12. The van der Waals surface area contributed by atoms with Crippen LogP contribution >= 0.6 is 7.92 Å². The van der Waals surface area contributed by atoms with Gasteiger partial charge >= 0.3 is 5.97 Å². The molecule has 0 atom stereocenters. The minimum absolute atomic E-state index is 0.359. The van der Waals surface area contributed by atoms with Gasteiger partial charge in [0, 0.05) is 0 Å². The maximum absolute atomic E-state index is 10.8. The van der Waals surface area contributed by atoms with Gasteiger partial charge in [0.25, 0.3) is 0 Å². The Kier molecular flexibility index (Phi) is 22.4. The molecule has 0 heterocycles. The van der Waals surface area contributed by atoms with Crippen LogP contribution in [0, 0.1) is 0 Å². The Labute approximate surface area is 237 Å². The van der Waals surface area contributed by atoms with Gasteiger partial charge in [-0.2, -0.15) is 0 Å². The predicted molar refractivity (Wildman–Crippen MR) is 173 cm³/mol. The fourth-order valence-electron chi connectivity index (χ4n) is 5.09. The molecule has 216 valence electrons. The van der Waals surface area contributed by atoms with Crippen molar-refractivity contribution >= 4 is 24.7 Å². The molecule has 0 aliphatic rings. The quantitative estimate of drug-likeness (QED) is 0.119. The Morgan fingerprint density at radius 1 is 0.553 bits per heavy atom. The molecule has 0 aliphatic heterocycles. The van der Waals surface area contributed by atoms with Crippen LogP contribution in [0.1, 0.15) is 147 Å². The maximum Gasteiger partial charge on any atom is 0.336 e. The van der Waals surface area contributed by atoms with Gasteiger partial charge < -0.3 is 5.11 Å². The molecule has 38 heavy (non-hydrogen) atoms. The first kappa shape index (κ1) is 34.6. The highest BCUT2D eigenvalue weighted by Gasteiger charge is 2.08. The summed E-state index contributed by atoms with van der Waals surface area (Å²) in [5.74, 6) is -0.878. The van der Waals surface area contributed by atoms with E-state index in [9.17, 15) is 4.79 Å². The second-order valence-electron chi connectivity index (χ2n) is 11.0. The van der Waals surface area contributed by atoms with E-state index in [0.717, 1.165) is 10.8 Å². The molecule has 0 fully saturated rings. The first-order chi connectivity index (χ1) is 18.6. The van der Waals surface area contributed by atoms with Gasteiger partial charge in [0.1, 0.15) is 0 Å². The van der Waals surface area contributed by atoms with Gasteiger partial charge in [-0.25, -0.2) is 4.79 Å². The van der Waals surface area contributed by atoms with Gasteiger partial charge in [-0.15, -0.1) is 7.92 Å². The Hall–Kier alpha value is -1.40. The third-order valence-corrected chi connectivity index (χ3v) is 10.3. The third-order valence-electron chi connectivity index (χ3n) is 7.50. The van der Waals surface area contributed by atoms with Crippen LogP contribution in [-0.2, 0) is 0 Å². The molecule has 2 nitrogen and oxygen atoms in total. The van der Waals surface area contributed by atoms with Crippen LogP contribution in [0.2, 0.25) is 0 Å². The zero-order valence-electron chi connectivity index (χ0n) is 25.2. The van der Waals surface area contributed by atoms with Crippen LogP contribution in [0.25, 0.3) is 10.8 Å². The topological polar surface area (TPSA) is 37.3 Å². The average Bonchev–Trinajstić information content (AvgIpc) is 2.93. The van der Waals surface area contributed by atoms with Crippen molar-refractivity contribution in [2.24, 2.45) is 0 Å². The monoisotopic (exact) mass is 542 g/mol. The lowest BCUT2D eigenvalue weighted by Gasteiger charge is -2.18. The highest BCUT2D eigenvalue weighted by Crippen LogP contribution is 2.39. The summed E-state index contributed by atoms with van der Waals surface area (Å²) in [5, 5.41) is 10.6. The summed E-state index contributed by atoms with van der Waals surface area (Å²) in [4.78, 5) is 10.8. The molecule has 0 spiro atoms. The summed E-state index contributed by atoms with van der Waals surface area (Å²) in [6.07, 6.45) is 31.2. The fourth-order valence-corrected chi connectivity index (χ4v) is 7.78. The molecule has 3 heteroatoms. The van der Waals surface area contributed by atoms with Crippen LogP contribution < -0.4 is 0 Å². The fraction of sp³-hybridized carbons (Fsp3) is 0.686. The summed E-state index contributed by atoms with van der Waals surface area (Å²) in [5.41, 5.74) is 0.359. The van der Waals surface area contributed by atoms with Gasteiger partial charge in [0.05, 0.1) is 5.56 Å². The van der Waals surface area contributed by atoms with Crippen molar-refractivity contribution in [2.75, 3.05) is 18.5 Å². The van der Waals surface area contributed by atoms with E-state index in [1.54, 1.807) is 30.6 Å². The van der Waals surface area contributed by atoms with E-state index in [2.05, 4.69) is 20.8 Å². The van der Waals surface area contributed by atoms with Crippen molar-refractivity contribution in [3.8, 4) is 0 Å². The van der Waals surface area contributed by atoms with Crippen molar-refractivity contribution in [3.05, 3.63) is 48.0 Å². The van der Waals surface area contributed by atoms with Gasteiger partial charge in [-0.05, 0) is 54.6 Å². The molecule has 0 radical (unpaired) electrons. The average molecular weight is 543 g/mol. The Bertz CT molecular complexity index is 775. The van der Waals surface area contributed by atoms with Crippen LogP contribution in [0.4, 0.5) is 0 Å². The molecule has 2 rings (SSSR count). The number of aromatic carboxylic acids is 1. The zero-order valence-corrected chi connectivity index (χ0v) is 26.1. The molecule has 0 saturated heterocycles. The summed E-state index contributed by atoms with van der Waals surface area (Å²) >= 11 is 0. The second kappa shape index (κ2) is 24.6. The van der Waals surface area contributed by atoms with E-state index in [4.69, 9.17) is 5.11 Å². The van der Waals surface area contributed by atoms with Crippen molar-refractivity contribution in [3.63, 3.8) is 0 Å². The molecule has 0 bridgehead atoms. The van der Waals surface area contributed by atoms with Gasteiger partial charge in [-0.3, -0.25) is 0 Å². The summed E-state index contributed by atoms with van der Waals surface area (Å²) in [7, 11) is 0.366. The lowest BCUT2D eigenvalue weighted by Crippen LogP contribution is -1.97. The normalized spacial score (nSPS) is 11.1. The molecular weight excluding hydrogens is 483 g/mol. The van der Waals surface area contributed by atoms with Crippen molar-refractivity contribution in [1.29, 1.82) is 0 Å². The number of unbranched alkanes of at least 4 members (excludes halogenated alkanes) is 15. The third kappa shape index (κ3) is 17.2. The van der Waals surface area contributed by atoms with E-state index in [-0.39, 0.29) is 0 Å². The molecule has 1 N–H and O–H groups in total. The Morgan fingerprint density at radius 3 is 1.39 bits per heavy atom. The highest BCUT2D eigenvalue weighted by molar-refractivity contribution is 7.57. The minimum Gasteiger partial charge on any atom is -0.478 e. The maximum atomic E-state index is 10.8. The number of hydrogen-bond donors (Lipinski definition) is 1. The first-order valence-electron chi connectivity index (χ1n) is 16.1. The number of rotatable bonds is 22. The minimum atomic E-state index is -0.878.